The molecule has 0 atom stereocenters. The molecule has 0 saturated heterocycles. The van der Waals surface area contributed by atoms with Crippen LogP contribution in [-0.4, -0.2) is 5.75 Å². The average Bonchev–Trinajstić information content (AvgIpc) is 2.09. The second kappa shape index (κ2) is 4.89. The van der Waals surface area contributed by atoms with E-state index in [4.69, 9.17) is 17.3 Å². The summed E-state index contributed by atoms with van der Waals surface area (Å²) in [7, 11) is 0. The molecule has 0 amide bonds. The van der Waals surface area contributed by atoms with Gasteiger partial charge in [-0.15, -0.1) is 11.8 Å². The molecule has 1 aromatic rings. The van der Waals surface area contributed by atoms with Crippen molar-refractivity contribution in [1.29, 1.82) is 0 Å². The smallest absolute Gasteiger partial charge is 0.0412 e. The van der Waals surface area contributed by atoms with E-state index in [1.165, 1.54) is 10.5 Å². The molecule has 0 aliphatic carbocycles. The molecule has 0 aliphatic heterocycles. The van der Waals surface area contributed by atoms with Crippen LogP contribution in [-0.2, 0) is 6.54 Å². The van der Waals surface area contributed by atoms with Gasteiger partial charge in [0.1, 0.15) is 0 Å². The van der Waals surface area contributed by atoms with Gasteiger partial charge in [0.05, 0.1) is 0 Å². The van der Waals surface area contributed by atoms with Gasteiger partial charge in [-0.2, -0.15) is 0 Å². The highest BCUT2D eigenvalue weighted by molar-refractivity contribution is 7.99. The number of hydrogen-bond donors (Lipinski definition) is 1. The topological polar surface area (TPSA) is 26.0 Å². The molecule has 13 heavy (non-hydrogen) atoms. The zero-order chi connectivity index (χ0) is 9.84. The van der Waals surface area contributed by atoms with Gasteiger partial charge in [0, 0.05) is 16.5 Å². The summed E-state index contributed by atoms with van der Waals surface area (Å²) in [6, 6.07) is 3.94. The predicted molar refractivity (Wildman–Crippen MR) is 60.5 cm³/mol. The van der Waals surface area contributed by atoms with Crippen molar-refractivity contribution in [2.24, 2.45) is 5.73 Å². The van der Waals surface area contributed by atoms with Gasteiger partial charge in [-0.05, 0) is 35.9 Å². The fourth-order valence-electron chi connectivity index (χ4n) is 1.30. The Morgan fingerprint density at radius 1 is 1.46 bits per heavy atom. The largest absolute Gasteiger partial charge is 0.326 e. The number of benzene rings is 1. The second-order valence-electron chi connectivity index (χ2n) is 2.85. The van der Waals surface area contributed by atoms with Gasteiger partial charge in [-0.3, -0.25) is 0 Å². The van der Waals surface area contributed by atoms with E-state index >= 15 is 0 Å². The number of rotatable bonds is 3. The number of thioether (sulfide) groups is 1. The summed E-state index contributed by atoms with van der Waals surface area (Å²) in [6.07, 6.45) is 0. The molecule has 0 bridgehead atoms. The van der Waals surface area contributed by atoms with E-state index in [-0.39, 0.29) is 0 Å². The third-order valence-corrected chi connectivity index (χ3v) is 3.20. The zero-order valence-corrected chi connectivity index (χ0v) is 9.50. The van der Waals surface area contributed by atoms with Gasteiger partial charge in [0.15, 0.2) is 0 Å². The Bertz CT molecular complexity index is 299. The molecule has 0 radical (unpaired) electrons. The lowest BCUT2D eigenvalue weighted by Gasteiger charge is -2.10. The Hall–Kier alpha value is -0.180. The van der Waals surface area contributed by atoms with E-state index in [9.17, 15) is 0 Å². The first-order chi connectivity index (χ1) is 6.19. The van der Waals surface area contributed by atoms with Crippen LogP contribution in [0.3, 0.4) is 0 Å². The van der Waals surface area contributed by atoms with E-state index in [1.807, 2.05) is 23.9 Å². The van der Waals surface area contributed by atoms with Crippen LogP contribution in [0.5, 0.6) is 0 Å². The number of aryl methyl sites for hydroxylation is 1. The van der Waals surface area contributed by atoms with Crippen molar-refractivity contribution in [2.45, 2.75) is 25.3 Å². The van der Waals surface area contributed by atoms with Crippen molar-refractivity contribution in [1.82, 2.24) is 0 Å². The summed E-state index contributed by atoms with van der Waals surface area (Å²) in [4.78, 5) is 1.29. The number of hydrogen-bond acceptors (Lipinski definition) is 2. The minimum absolute atomic E-state index is 0.559. The van der Waals surface area contributed by atoms with Crippen LogP contribution in [0.2, 0.25) is 5.02 Å². The molecular formula is C10H14ClNS. The van der Waals surface area contributed by atoms with Gasteiger partial charge >= 0.3 is 0 Å². The van der Waals surface area contributed by atoms with E-state index in [2.05, 4.69) is 13.8 Å². The Labute approximate surface area is 88.7 Å². The van der Waals surface area contributed by atoms with Crippen molar-refractivity contribution in [3.8, 4) is 0 Å². The normalized spacial score (nSPS) is 10.5. The van der Waals surface area contributed by atoms with Crippen molar-refractivity contribution in [2.75, 3.05) is 5.75 Å². The van der Waals surface area contributed by atoms with Crippen LogP contribution in [0.15, 0.2) is 17.0 Å². The first-order valence-electron chi connectivity index (χ1n) is 4.31. The van der Waals surface area contributed by atoms with Crippen LogP contribution in [0.25, 0.3) is 0 Å². The van der Waals surface area contributed by atoms with Crippen LogP contribution < -0.4 is 5.73 Å². The Balaban J connectivity index is 3.13. The summed E-state index contributed by atoms with van der Waals surface area (Å²) >= 11 is 7.76. The molecule has 0 aliphatic rings. The van der Waals surface area contributed by atoms with Crippen molar-refractivity contribution in [3.05, 3.63) is 28.3 Å². The molecule has 0 fully saturated rings. The standard InChI is InChI=1S/C10H14ClNS/c1-3-13-10-7(2)4-9(11)5-8(10)6-12/h4-5H,3,6,12H2,1-2H3. The molecule has 3 heteroatoms. The third-order valence-electron chi connectivity index (χ3n) is 1.82. The fourth-order valence-corrected chi connectivity index (χ4v) is 2.50. The molecule has 1 nitrogen and oxygen atoms in total. The Kier molecular flexibility index (Phi) is 4.10. The van der Waals surface area contributed by atoms with E-state index in [0.717, 1.165) is 16.3 Å². The molecule has 1 rings (SSSR count). The maximum atomic E-state index is 5.94. The maximum absolute atomic E-state index is 5.94. The SMILES string of the molecule is CCSc1c(C)cc(Cl)cc1CN. The second-order valence-corrected chi connectivity index (χ2v) is 4.56. The van der Waals surface area contributed by atoms with Crippen molar-refractivity contribution < 1.29 is 0 Å². The third kappa shape index (κ3) is 2.63. The first-order valence-corrected chi connectivity index (χ1v) is 5.67. The minimum atomic E-state index is 0.559. The van der Waals surface area contributed by atoms with Gasteiger partial charge in [0.2, 0.25) is 0 Å². The van der Waals surface area contributed by atoms with Crippen LogP contribution in [0.1, 0.15) is 18.1 Å². The Morgan fingerprint density at radius 2 is 2.15 bits per heavy atom. The van der Waals surface area contributed by atoms with Gasteiger partial charge in [-0.25, -0.2) is 0 Å². The molecule has 72 valence electrons. The van der Waals surface area contributed by atoms with Crippen molar-refractivity contribution in [3.63, 3.8) is 0 Å². The van der Waals surface area contributed by atoms with Gasteiger partial charge < -0.3 is 5.73 Å². The van der Waals surface area contributed by atoms with E-state index in [0.29, 0.717) is 6.54 Å². The number of nitrogens with two attached hydrogens (primary N) is 1. The lowest BCUT2D eigenvalue weighted by Crippen LogP contribution is -2.00. The predicted octanol–water partition coefficient (Wildman–Crippen LogP) is 3.22. The van der Waals surface area contributed by atoms with Crippen LogP contribution in [0.4, 0.5) is 0 Å². The van der Waals surface area contributed by atoms with Crippen molar-refractivity contribution >= 4 is 23.4 Å². The van der Waals surface area contributed by atoms with Crippen LogP contribution >= 0.6 is 23.4 Å². The van der Waals surface area contributed by atoms with E-state index in [1.54, 1.807) is 0 Å². The highest BCUT2D eigenvalue weighted by Crippen LogP contribution is 2.29. The molecule has 0 saturated carbocycles. The highest BCUT2D eigenvalue weighted by Gasteiger charge is 2.05. The summed E-state index contributed by atoms with van der Waals surface area (Å²) in [5.74, 6) is 1.06. The van der Waals surface area contributed by atoms with Crippen LogP contribution in [0, 0.1) is 6.92 Å². The molecule has 2 N–H and O–H groups in total. The quantitative estimate of drug-likeness (QED) is 0.784. The lowest BCUT2D eigenvalue weighted by molar-refractivity contribution is 1.01. The summed E-state index contributed by atoms with van der Waals surface area (Å²) in [5.41, 5.74) is 8.02. The molecule has 0 unspecified atom stereocenters. The summed E-state index contributed by atoms with van der Waals surface area (Å²) < 4.78 is 0. The number of halogens is 1. The first kappa shape index (κ1) is 10.9. The Morgan fingerprint density at radius 3 is 2.69 bits per heavy atom. The average molecular weight is 216 g/mol. The molecule has 0 heterocycles. The van der Waals surface area contributed by atoms with E-state index < -0.39 is 0 Å². The minimum Gasteiger partial charge on any atom is -0.326 e. The fraction of sp³-hybridized carbons (Fsp3) is 0.400. The lowest BCUT2D eigenvalue weighted by atomic mass is 10.1. The highest BCUT2D eigenvalue weighted by atomic mass is 35.5. The summed E-state index contributed by atoms with van der Waals surface area (Å²) in [5, 5.41) is 0.776. The van der Waals surface area contributed by atoms with Gasteiger partial charge in [0.25, 0.3) is 0 Å². The monoisotopic (exact) mass is 215 g/mol. The molecule has 0 aromatic heterocycles. The molecule has 1 aromatic carbocycles. The molecule has 0 spiro atoms. The zero-order valence-electron chi connectivity index (χ0n) is 7.93. The molecular weight excluding hydrogens is 202 g/mol. The maximum Gasteiger partial charge on any atom is 0.0412 e. The summed E-state index contributed by atoms with van der Waals surface area (Å²) in [6.45, 7) is 4.77. The van der Waals surface area contributed by atoms with Gasteiger partial charge in [-0.1, -0.05) is 18.5 Å².